The van der Waals surface area contributed by atoms with Crippen molar-refractivity contribution in [2.24, 2.45) is 0 Å². The number of benzene rings is 1. The monoisotopic (exact) mass is 468 g/mol. The van der Waals surface area contributed by atoms with Gasteiger partial charge >= 0.3 is 17.9 Å². The number of nitro groups is 1. The summed E-state index contributed by atoms with van der Waals surface area (Å²) in [4.78, 5) is 57.0. The SMILES string of the molecule is CC(=O)N[C@H]1[C@@H](Oc2ccc([N+](=O)[O-])cc2)O[C@H](COC(C)=O)[C@@H](OC(C)=O)[C@@H]1OC(C)=O. The van der Waals surface area contributed by atoms with E-state index in [2.05, 4.69) is 5.32 Å². The van der Waals surface area contributed by atoms with Gasteiger partial charge in [0.25, 0.3) is 5.69 Å². The van der Waals surface area contributed by atoms with Crippen molar-refractivity contribution in [3.05, 3.63) is 34.4 Å². The van der Waals surface area contributed by atoms with Gasteiger partial charge in [-0.1, -0.05) is 0 Å². The van der Waals surface area contributed by atoms with Crippen LogP contribution in [-0.4, -0.2) is 66.0 Å². The van der Waals surface area contributed by atoms with Crippen LogP contribution >= 0.6 is 0 Å². The third-order valence-electron chi connectivity index (χ3n) is 4.37. The minimum absolute atomic E-state index is 0.139. The Hall–Kier alpha value is -3.74. The summed E-state index contributed by atoms with van der Waals surface area (Å²) < 4.78 is 27.2. The number of esters is 3. The van der Waals surface area contributed by atoms with E-state index < -0.39 is 59.4 Å². The number of nitro benzene ring substituents is 1. The highest BCUT2D eigenvalue weighted by atomic mass is 16.7. The standard InChI is InChI=1S/C20H24N2O11/c1-10(23)21-17-19(31-13(4)26)18(30-12(3)25)16(9-29-11(2)24)33-20(17)32-15-7-5-14(6-8-15)22(27)28/h5-8,16-20H,9H2,1-4H3,(H,21,23)/t16-,17-,18-,19-,20+/m1/s1. The van der Waals surface area contributed by atoms with E-state index in [4.69, 9.17) is 23.7 Å². The van der Waals surface area contributed by atoms with Crippen LogP contribution in [0.4, 0.5) is 5.69 Å². The smallest absolute Gasteiger partial charge is 0.303 e. The van der Waals surface area contributed by atoms with Gasteiger partial charge in [-0.25, -0.2) is 0 Å². The predicted octanol–water partition coefficient (Wildman–Crippen LogP) is 0.630. The van der Waals surface area contributed by atoms with Crippen LogP contribution in [0.1, 0.15) is 27.7 Å². The van der Waals surface area contributed by atoms with E-state index in [1.807, 2.05) is 0 Å². The van der Waals surface area contributed by atoms with Gasteiger partial charge in [0.2, 0.25) is 12.2 Å². The number of amides is 1. The van der Waals surface area contributed by atoms with Crippen LogP contribution < -0.4 is 10.1 Å². The first kappa shape index (κ1) is 25.5. The van der Waals surface area contributed by atoms with E-state index in [1.165, 1.54) is 31.2 Å². The Balaban J connectivity index is 2.43. The van der Waals surface area contributed by atoms with Crippen LogP contribution in [0.2, 0.25) is 0 Å². The van der Waals surface area contributed by atoms with Gasteiger partial charge in [-0.05, 0) is 12.1 Å². The lowest BCUT2D eigenvalue weighted by Gasteiger charge is -2.44. The van der Waals surface area contributed by atoms with Crippen LogP contribution in [0.3, 0.4) is 0 Å². The molecule has 13 heteroatoms. The van der Waals surface area contributed by atoms with Gasteiger partial charge in [0.15, 0.2) is 12.2 Å². The van der Waals surface area contributed by atoms with Crippen LogP contribution in [0.5, 0.6) is 5.75 Å². The lowest BCUT2D eigenvalue weighted by atomic mass is 9.96. The van der Waals surface area contributed by atoms with Crippen molar-refractivity contribution < 1.29 is 47.8 Å². The minimum atomic E-state index is -1.31. The number of non-ortho nitro benzene ring substituents is 1. The quantitative estimate of drug-likeness (QED) is 0.246. The van der Waals surface area contributed by atoms with Crippen LogP contribution in [0, 0.1) is 10.1 Å². The van der Waals surface area contributed by atoms with Gasteiger partial charge in [-0.3, -0.25) is 29.3 Å². The third-order valence-corrected chi connectivity index (χ3v) is 4.37. The van der Waals surface area contributed by atoms with E-state index in [0.717, 1.165) is 20.8 Å². The molecule has 1 aliphatic rings. The molecule has 1 N–H and O–H groups in total. The van der Waals surface area contributed by atoms with Crippen molar-refractivity contribution in [3.8, 4) is 5.75 Å². The summed E-state index contributed by atoms with van der Waals surface area (Å²) in [6.45, 7) is 4.24. The topological polar surface area (TPSA) is 170 Å². The number of rotatable bonds is 8. The van der Waals surface area contributed by atoms with Crippen molar-refractivity contribution in [1.29, 1.82) is 0 Å². The first-order chi connectivity index (χ1) is 15.5. The zero-order valence-corrected chi connectivity index (χ0v) is 18.3. The van der Waals surface area contributed by atoms with Gasteiger partial charge in [0.05, 0.1) is 4.92 Å². The first-order valence-corrected chi connectivity index (χ1v) is 9.79. The number of hydrogen-bond acceptors (Lipinski definition) is 11. The number of carbonyl (C=O) groups excluding carboxylic acids is 4. The highest BCUT2D eigenvalue weighted by Gasteiger charge is 2.51. The fourth-order valence-corrected chi connectivity index (χ4v) is 3.17. The minimum Gasteiger partial charge on any atom is -0.463 e. The Labute approximate surface area is 188 Å². The Morgan fingerprint density at radius 1 is 0.970 bits per heavy atom. The Bertz CT molecular complexity index is 902. The van der Waals surface area contributed by atoms with E-state index in [9.17, 15) is 29.3 Å². The van der Waals surface area contributed by atoms with Crippen LogP contribution in [-0.2, 0) is 38.1 Å². The van der Waals surface area contributed by atoms with Gasteiger partial charge in [-0.15, -0.1) is 0 Å². The molecule has 1 aliphatic heterocycles. The maximum Gasteiger partial charge on any atom is 0.303 e. The second-order valence-corrected chi connectivity index (χ2v) is 7.09. The summed E-state index contributed by atoms with van der Waals surface area (Å²) in [5.41, 5.74) is -0.175. The Morgan fingerprint density at radius 2 is 1.55 bits per heavy atom. The summed E-state index contributed by atoms with van der Waals surface area (Å²) in [5.74, 6) is -2.50. The van der Waals surface area contributed by atoms with Crippen LogP contribution in [0.15, 0.2) is 24.3 Å². The number of carbonyl (C=O) groups is 4. The Kier molecular flexibility index (Phi) is 8.68. The molecule has 1 heterocycles. The fourth-order valence-electron chi connectivity index (χ4n) is 3.17. The number of nitrogens with one attached hydrogen (secondary N) is 1. The van der Waals surface area contributed by atoms with Gasteiger partial charge in [0, 0.05) is 39.8 Å². The molecule has 1 fully saturated rings. The summed E-state index contributed by atoms with van der Waals surface area (Å²) >= 11 is 0. The molecule has 13 nitrogen and oxygen atoms in total. The van der Waals surface area contributed by atoms with Gasteiger partial charge in [-0.2, -0.15) is 0 Å². The molecule has 33 heavy (non-hydrogen) atoms. The van der Waals surface area contributed by atoms with Crippen LogP contribution in [0.25, 0.3) is 0 Å². The highest BCUT2D eigenvalue weighted by molar-refractivity contribution is 5.73. The van der Waals surface area contributed by atoms with E-state index >= 15 is 0 Å². The summed E-state index contributed by atoms with van der Waals surface area (Å²) in [7, 11) is 0. The maximum absolute atomic E-state index is 11.9. The fraction of sp³-hybridized carbons (Fsp3) is 0.500. The molecule has 1 amide bonds. The van der Waals surface area contributed by atoms with E-state index in [0.29, 0.717) is 0 Å². The van der Waals surface area contributed by atoms with Crippen molar-refractivity contribution in [2.45, 2.75) is 58.3 Å². The third kappa shape index (κ3) is 7.42. The average Bonchev–Trinajstić information content (AvgIpc) is 2.70. The lowest BCUT2D eigenvalue weighted by molar-refractivity contribution is -0.384. The predicted molar refractivity (Wildman–Crippen MR) is 108 cm³/mol. The molecule has 1 aromatic rings. The second kappa shape index (κ2) is 11.2. The summed E-state index contributed by atoms with van der Waals surface area (Å²) in [6, 6.07) is 3.87. The molecular weight excluding hydrogens is 444 g/mol. The molecule has 0 spiro atoms. The maximum atomic E-state index is 11.9. The molecule has 0 saturated carbocycles. The molecule has 0 aliphatic carbocycles. The molecule has 1 aromatic carbocycles. The van der Waals surface area contributed by atoms with E-state index in [-0.39, 0.29) is 18.0 Å². The van der Waals surface area contributed by atoms with Gasteiger partial charge < -0.3 is 29.0 Å². The molecule has 2 rings (SSSR count). The lowest BCUT2D eigenvalue weighted by Crippen LogP contribution is -2.67. The molecule has 0 bridgehead atoms. The second-order valence-electron chi connectivity index (χ2n) is 7.09. The Morgan fingerprint density at radius 3 is 2.03 bits per heavy atom. The molecule has 0 unspecified atom stereocenters. The number of hydrogen-bond donors (Lipinski definition) is 1. The van der Waals surface area contributed by atoms with Crippen molar-refractivity contribution in [2.75, 3.05) is 6.61 Å². The zero-order chi connectivity index (χ0) is 24.7. The van der Waals surface area contributed by atoms with Crippen molar-refractivity contribution >= 4 is 29.5 Å². The molecule has 180 valence electrons. The first-order valence-electron chi connectivity index (χ1n) is 9.79. The molecule has 5 atom stereocenters. The van der Waals surface area contributed by atoms with Gasteiger partial charge in [0.1, 0.15) is 24.5 Å². The zero-order valence-electron chi connectivity index (χ0n) is 18.3. The molecule has 0 aromatic heterocycles. The largest absolute Gasteiger partial charge is 0.463 e. The van der Waals surface area contributed by atoms with Crippen molar-refractivity contribution in [3.63, 3.8) is 0 Å². The average molecular weight is 468 g/mol. The normalized spacial score (nSPS) is 24.2. The summed E-state index contributed by atoms with van der Waals surface area (Å²) in [5, 5.41) is 13.4. The van der Waals surface area contributed by atoms with E-state index in [1.54, 1.807) is 0 Å². The number of ether oxygens (including phenoxy) is 5. The molecule has 0 radical (unpaired) electrons. The van der Waals surface area contributed by atoms with Crippen molar-refractivity contribution in [1.82, 2.24) is 5.32 Å². The number of nitrogens with zero attached hydrogens (tertiary/aromatic N) is 1. The summed E-state index contributed by atoms with van der Waals surface area (Å²) in [6.07, 6.45) is -4.96. The highest BCUT2D eigenvalue weighted by Crippen LogP contribution is 2.29. The molecular formula is C20H24N2O11. The molecule has 1 saturated heterocycles.